The number of fused-ring (bicyclic) bond motifs is 1. The van der Waals surface area contributed by atoms with Gasteiger partial charge in [-0.2, -0.15) is 0 Å². The summed E-state index contributed by atoms with van der Waals surface area (Å²) in [6, 6.07) is 6.35. The van der Waals surface area contributed by atoms with Crippen molar-refractivity contribution in [3.05, 3.63) is 30.6 Å². The number of nitrogens with zero attached hydrogens (tertiary/aromatic N) is 3. The number of piperidine rings is 1. The van der Waals surface area contributed by atoms with E-state index in [1.807, 2.05) is 25.4 Å². The zero-order valence-electron chi connectivity index (χ0n) is 14.9. The van der Waals surface area contributed by atoms with E-state index < -0.39 is 0 Å². The van der Waals surface area contributed by atoms with Crippen molar-refractivity contribution >= 4 is 34.1 Å². The fraction of sp³-hybridized carbons (Fsp3) is 0.421. The van der Waals surface area contributed by atoms with Crippen LogP contribution in [0.5, 0.6) is 0 Å². The number of hydrogen-bond acceptors (Lipinski definition) is 5. The quantitative estimate of drug-likeness (QED) is 0.881. The number of nitrogens with one attached hydrogen (secondary N) is 2. The molecule has 0 bridgehead atoms. The van der Waals surface area contributed by atoms with E-state index >= 15 is 0 Å². The Morgan fingerprint density at radius 1 is 1.08 bits per heavy atom. The predicted octanol–water partition coefficient (Wildman–Crippen LogP) is 1.87. The molecular weight excluding hydrogens is 330 g/mol. The van der Waals surface area contributed by atoms with E-state index in [9.17, 15) is 9.59 Å². The molecule has 7 nitrogen and oxygen atoms in total. The normalized spacial score (nSPS) is 19.1. The molecule has 7 heteroatoms. The zero-order valence-corrected chi connectivity index (χ0v) is 14.9. The number of aromatic nitrogens is 1. The number of anilines is 2. The summed E-state index contributed by atoms with van der Waals surface area (Å²) >= 11 is 0. The minimum Gasteiger partial charge on any atom is -0.371 e. The molecule has 0 unspecified atom stereocenters. The number of rotatable bonds is 3. The van der Waals surface area contributed by atoms with Crippen LogP contribution in [0.2, 0.25) is 0 Å². The summed E-state index contributed by atoms with van der Waals surface area (Å²) in [5.74, 6) is -0.229. The van der Waals surface area contributed by atoms with Crippen LogP contribution in [0.4, 0.5) is 16.2 Å². The molecule has 0 radical (unpaired) electrons. The molecule has 2 aliphatic rings. The summed E-state index contributed by atoms with van der Waals surface area (Å²) in [5, 5.41) is 7.76. The maximum absolute atomic E-state index is 12.3. The molecule has 2 aliphatic heterocycles. The first kappa shape index (κ1) is 16.8. The van der Waals surface area contributed by atoms with Crippen molar-refractivity contribution in [3.63, 3.8) is 0 Å². The monoisotopic (exact) mass is 353 g/mol. The lowest BCUT2D eigenvalue weighted by molar-refractivity contribution is -0.120. The molecule has 2 fully saturated rings. The van der Waals surface area contributed by atoms with Crippen molar-refractivity contribution in [2.24, 2.45) is 0 Å². The number of amides is 3. The van der Waals surface area contributed by atoms with E-state index in [0.717, 1.165) is 48.1 Å². The Kier molecular flexibility index (Phi) is 4.46. The highest BCUT2D eigenvalue weighted by Gasteiger charge is 2.26. The minimum atomic E-state index is -0.379. The lowest BCUT2D eigenvalue weighted by Gasteiger charge is -2.34. The van der Waals surface area contributed by atoms with Gasteiger partial charge in [0.1, 0.15) is 0 Å². The number of benzene rings is 1. The summed E-state index contributed by atoms with van der Waals surface area (Å²) in [4.78, 5) is 32.1. The molecule has 3 amide bonds. The van der Waals surface area contributed by atoms with Crippen molar-refractivity contribution in [2.75, 3.05) is 36.5 Å². The molecule has 26 heavy (non-hydrogen) atoms. The number of carbonyl (C=O) groups excluding carboxylic acids is 2. The molecule has 1 aromatic heterocycles. The molecule has 136 valence electrons. The van der Waals surface area contributed by atoms with Gasteiger partial charge in [-0.15, -0.1) is 0 Å². The van der Waals surface area contributed by atoms with Crippen molar-refractivity contribution in [3.8, 4) is 0 Å². The number of hydrogen-bond donors (Lipinski definition) is 2. The molecular formula is C19H23N5O2. The van der Waals surface area contributed by atoms with Crippen LogP contribution >= 0.6 is 0 Å². The van der Waals surface area contributed by atoms with E-state index in [2.05, 4.69) is 26.6 Å². The zero-order chi connectivity index (χ0) is 18.1. The van der Waals surface area contributed by atoms with Crippen LogP contribution < -0.4 is 20.4 Å². The number of carbonyl (C=O) groups is 2. The Morgan fingerprint density at radius 2 is 1.88 bits per heavy atom. The van der Waals surface area contributed by atoms with Gasteiger partial charge in [0, 0.05) is 54.8 Å². The molecule has 0 spiro atoms. The van der Waals surface area contributed by atoms with E-state index in [1.165, 1.54) is 0 Å². The van der Waals surface area contributed by atoms with Crippen molar-refractivity contribution in [1.82, 2.24) is 15.6 Å². The van der Waals surface area contributed by atoms with Crippen LogP contribution in [0.15, 0.2) is 30.6 Å². The van der Waals surface area contributed by atoms with E-state index in [0.29, 0.717) is 19.0 Å². The van der Waals surface area contributed by atoms with Crippen molar-refractivity contribution in [2.45, 2.75) is 25.3 Å². The van der Waals surface area contributed by atoms with Crippen LogP contribution in [0.1, 0.15) is 19.3 Å². The first-order valence-corrected chi connectivity index (χ1v) is 9.07. The summed E-state index contributed by atoms with van der Waals surface area (Å²) < 4.78 is 0. The smallest absolute Gasteiger partial charge is 0.328 e. The van der Waals surface area contributed by atoms with Gasteiger partial charge in [-0.25, -0.2) is 4.79 Å². The van der Waals surface area contributed by atoms with E-state index in [4.69, 9.17) is 0 Å². The standard InChI is InChI=1S/C19H23N5O2/c1-20-13-5-8-23(9-6-13)16-4-2-3-14-15(16)11-21-12-17(14)24-10-7-18(25)22-19(24)26/h2-4,11-13,20H,5-10H2,1H3,(H,22,25,26). The van der Waals surface area contributed by atoms with Crippen molar-refractivity contribution < 1.29 is 9.59 Å². The van der Waals surface area contributed by atoms with Gasteiger partial charge in [0.15, 0.2) is 0 Å². The first-order valence-electron chi connectivity index (χ1n) is 9.07. The van der Waals surface area contributed by atoms with Gasteiger partial charge >= 0.3 is 6.03 Å². The highest BCUT2D eigenvalue weighted by atomic mass is 16.2. The third-order valence-electron chi connectivity index (χ3n) is 5.35. The lowest BCUT2D eigenvalue weighted by Crippen LogP contribution is -2.49. The molecule has 2 aromatic rings. The van der Waals surface area contributed by atoms with Crippen LogP contribution in [0.3, 0.4) is 0 Å². The average molecular weight is 353 g/mol. The number of imide groups is 1. The molecule has 0 atom stereocenters. The predicted molar refractivity (Wildman–Crippen MR) is 102 cm³/mol. The second-order valence-corrected chi connectivity index (χ2v) is 6.84. The Bertz CT molecular complexity index is 845. The maximum Gasteiger partial charge on any atom is 0.328 e. The SMILES string of the molecule is CNC1CCN(c2cccc3c(N4CCC(=O)NC4=O)cncc23)CC1. The van der Waals surface area contributed by atoms with Crippen LogP contribution in [0, 0.1) is 0 Å². The van der Waals surface area contributed by atoms with Crippen LogP contribution in [0.25, 0.3) is 10.8 Å². The largest absolute Gasteiger partial charge is 0.371 e. The molecule has 4 rings (SSSR count). The van der Waals surface area contributed by atoms with Gasteiger partial charge in [-0.05, 0) is 26.0 Å². The van der Waals surface area contributed by atoms with Crippen LogP contribution in [-0.4, -0.2) is 49.6 Å². The molecule has 0 saturated carbocycles. The Balaban J connectivity index is 1.70. The Labute approximate surface area is 152 Å². The van der Waals surface area contributed by atoms with Gasteiger partial charge < -0.3 is 10.2 Å². The summed E-state index contributed by atoms with van der Waals surface area (Å²) in [6.45, 7) is 2.37. The van der Waals surface area contributed by atoms with Gasteiger partial charge in [0.25, 0.3) is 0 Å². The summed E-state index contributed by atoms with van der Waals surface area (Å²) in [5.41, 5.74) is 1.90. The van der Waals surface area contributed by atoms with Gasteiger partial charge in [0.05, 0.1) is 11.9 Å². The van der Waals surface area contributed by atoms with Gasteiger partial charge in [-0.3, -0.25) is 20.0 Å². The Morgan fingerprint density at radius 3 is 2.62 bits per heavy atom. The fourth-order valence-electron chi connectivity index (χ4n) is 3.86. The summed E-state index contributed by atoms with van der Waals surface area (Å²) in [6.07, 6.45) is 6.09. The average Bonchev–Trinajstić information content (AvgIpc) is 2.67. The topological polar surface area (TPSA) is 77.6 Å². The number of pyridine rings is 1. The first-order chi connectivity index (χ1) is 12.7. The van der Waals surface area contributed by atoms with Gasteiger partial charge in [0.2, 0.25) is 5.91 Å². The van der Waals surface area contributed by atoms with Crippen molar-refractivity contribution in [1.29, 1.82) is 0 Å². The third kappa shape index (κ3) is 2.99. The molecule has 2 saturated heterocycles. The number of urea groups is 1. The van der Waals surface area contributed by atoms with Crippen LogP contribution in [-0.2, 0) is 4.79 Å². The fourth-order valence-corrected chi connectivity index (χ4v) is 3.86. The Hall–Kier alpha value is -2.67. The molecule has 1 aromatic carbocycles. The highest BCUT2D eigenvalue weighted by molar-refractivity contribution is 6.11. The van der Waals surface area contributed by atoms with E-state index in [1.54, 1.807) is 11.1 Å². The van der Waals surface area contributed by atoms with E-state index in [-0.39, 0.29) is 11.9 Å². The minimum absolute atomic E-state index is 0.229. The highest BCUT2D eigenvalue weighted by Crippen LogP contribution is 2.34. The summed E-state index contributed by atoms with van der Waals surface area (Å²) in [7, 11) is 2.02. The molecule has 0 aliphatic carbocycles. The van der Waals surface area contributed by atoms with Gasteiger partial charge in [-0.1, -0.05) is 12.1 Å². The second-order valence-electron chi connectivity index (χ2n) is 6.84. The molecule has 2 N–H and O–H groups in total. The second kappa shape index (κ2) is 6.92. The maximum atomic E-state index is 12.3. The third-order valence-corrected chi connectivity index (χ3v) is 5.35. The lowest BCUT2D eigenvalue weighted by atomic mass is 10.0. The molecule has 3 heterocycles.